The molecule has 3 heteroatoms. The fraction of sp³-hybridized carbons (Fsp3) is 0.538. The summed E-state index contributed by atoms with van der Waals surface area (Å²) in [6, 6.07) is 7.43. The fourth-order valence-corrected chi connectivity index (χ4v) is 1.98. The lowest BCUT2D eigenvalue weighted by Crippen LogP contribution is -2.23. The molecule has 1 aromatic rings. The topological polar surface area (TPSA) is 21.8 Å². The van der Waals surface area contributed by atoms with Gasteiger partial charge in [-0.05, 0) is 36.6 Å². The molecule has 1 atom stereocenters. The minimum atomic E-state index is -0.0339. The minimum Gasteiger partial charge on any atom is -0.490 e. The third-order valence-corrected chi connectivity index (χ3v) is 2.90. The van der Waals surface area contributed by atoms with Crippen molar-refractivity contribution >= 4 is 11.6 Å². The van der Waals surface area contributed by atoms with Crippen molar-refractivity contribution in [2.24, 2.45) is 5.92 Å². The van der Waals surface area contributed by atoms with Gasteiger partial charge in [-0.3, -0.25) is 0 Å². The van der Waals surface area contributed by atoms with E-state index < -0.39 is 0 Å². The average molecular weight is 241 g/mol. The first-order valence-electron chi connectivity index (χ1n) is 5.62. The summed E-state index contributed by atoms with van der Waals surface area (Å²) in [6.07, 6.45) is 1.06. The Morgan fingerprint density at radius 1 is 1.38 bits per heavy atom. The van der Waals surface area contributed by atoms with E-state index in [1.54, 1.807) is 0 Å². The molecule has 1 saturated heterocycles. The van der Waals surface area contributed by atoms with Gasteiger partial charge in [0, 0.05) is 5.02 Å². The molecular weight excluding hydrogens is 224 g/mol. The molecule has 1 fully saturated rings. The van der Waals surface area contributed by atoms with Crippen LogP contribution in [0.1, 0.15) is 20.3 Å². The molecule has 88 valence electrons. The fourth-order valence-electron chi connectivity index (χ4n) is 1.85. The Kier molecular flexibility index (Phi) is 3.41. The standard InChI is InChI=1S/C13H17ClO2/c1-10(2)7-13(9-16-13)8-15-12-5-3-11(14)4-6-12/h3-6,10H,7-9H2,1-2H3. The Labute approximate surface area is 102 Å². The van der Waals surface area contributed by atoms with Crippen LogP contribution >= 0.6 is 11.6 Å². The maximum absolute atomic E-state index is 5.80. The third-order valence-electron chi connectivity index (χ3n) is 2.65. The number of hydrogen-bond acceptors (Lipinski definition) is 2. The van der Waals surface area contributed by atoms with E-state index in [1.165, 1.54) is 0 Å². The second-order valence-electron chi connectivity index (χ2n) is 4.81. The van der Waals surface area contributed by atoms with E-state index in [0.717, 1.165) is 23.8 Å². The molecule has 1 aliphatic heterocycles. The quantitative estimate of drug-likeness (QED) is 0.735. The van der Waals surface area contributed by atoms with Gasteiger partial charge in [-0.1, -0.05) is 25.4 Å². The van der Waals surface area contributed by atoms with Gasteiger partial charge >= 0.3 is 0 Å². The normalized spacial score (nSPS) is 23.5. The number of halogens is 1. The highest BCUT2D eigenvalue weighted by Crippen LogP contribution is 2.34. The van der Waals surface area contributed by atoms with Crippen LogP contribution < -0.4 is 4.74 Å². The van der Waals surface area contributed by atoms with Crippen LogP contribution in [0, 0.1) is 5.92 Å². The van der Waals surface area contributed by atoms with E-state index in [4.69, 9.17) is 21.1 Å². The van der Waals surface area contributed by atoms with Crippen molar-refractivity contribution in [2.45, 2.75) is 25.9 Å². The van der Waals surface area contributed by atoms with Gasteiger partial charge in [-0.25, -0.2) is 0 Å². The lowest BCUT2D eigenvalue weighted by Gasteiger charge is -2.15. The molecule has 0 aliphatic carbocycles. The highest BCUT2D eigenvalue weighted by Gasteiger charge is 2.45. The van der Waals surface area contributed by atoms with E-state index in [1.807, 2.05) is 24.3 Å². The van der Waals surface area contributed by atoms with E-state index >= 15 is 0 Å². The molecule has 1 unspecified atom stereocenters. The molecule has 0 bridgehead atoms. The summed E-state index contributed by atoms with van der Waals surface area (Å²) in [4.78, 5) is 0. The van der Waals surface area contributed by atoms with Gasteiger partial charge in [-0.15, -0.1) is 0 Å². The van der Waals surface area contributed by atoms with Crippen molar-refractivity contribution in [1.82, 2.24) is 0 Å². The van der Waals surface area contributed by atoms with Crippen molar-refractivity contribution in [1.29, 1.82) is 0 Å². The number of rotatable bonds is 5. The summed E-state index contributed by atoms with van der Waals surface area (Å²) in [5, 5.41) is 0.729. The highest BCUT2D eigenvalue weighted by atomic mass is 35.5. The zero-order chi connectivity index (χ0) is 11.6. The predicted octanol–water partition coefficient (Wildman–Crippen LogP) is 3.53. The van der Waals surface area contributed by atoms with Crippen LogP contribution in [-0.4, -0.2) is 18.8 Å². The number of ether oxygens (including phenoxy) is 2. The average Bonchev–Trinajstić information content (AvgIpc) is 2.97. The van der Waals surface area contributed by atoms with Gasteiger partial charge in [0.25, 0.3) is 0 Å². The third kappa shape index (κ3) is 3.13. The van der Waals surface area contributed by atoms with Crippen LogP contribution in [0.4, 0.5) is 0 Å². The second kappa shape index (κ2) is 4.64. The van der Waals surface area contributed by atoms with Gasteiger partial charge in [0.05, 0.1) is 6.61 Å². The van der Waals surface area contributed by atoms with E-state index in [0.29, 0.717) is 12.5 Å². The summed E-state index contributed by atoms with van der Waals surface area (Å²) in [5.41, 5.74) is -0.0339. The molecule has 16 heavy (non-hydrogen) atoms. The largest absolute Gasteiger partial charge is 0.490 e. The first-order chi connectivity index (χ1) is 7.60. The Morgan fingerprint density at radius 2 is 2.00 bits per heavy atom. The Balaban J connectivity index is 1.85. The van der Waals surface area contributed by atoms with Crippen molar-refractivity contribution in [3.63, 3.8) is 0 Å². The summed E-state index contributed by atoms with van der Waals surface area (Å²) in [7, 11) is 0. The highest BCUT2D eigenvalue weighted by molar-refractivity contribution is 6.30. The molecular formula is C13H17ClO2. The molecule has 0 saturated carbocycles. The van der Waals surface area contributed by atoms with Crippen LogP contribution in [0.5, 0.6) is 5.75 Å². The molecule has 0 spiro atoms. The van der Waals surface area contributed by atoms with Crippen molar-refractivity contribution < 1.29 is 9.47 Å². The second-order valence-corrected chi connectivity index (χ2v) is 5.25. The van der Waals surface area contributed by atoms with Crippen molar-refractivity contribution in [2.75, 3.05) is 13.2 Å². The predicted molar refractivity (Wildman–Crippen MR) is 65.1 cm³/mol. The van der Waals surface area contributed by atoms with Gasteiger partial charge in [0.2, 0.25) is 0 Å². The molecule has 1 aliphatic rings. The van der Waals surface area contributed by atoms with E-state index in [-0.39, 0.29) is 5.60 Å². The molecule has 2 rings (SSSR count). The smallest absolute Gasteiger partial charge is 0.126 e. The van der Waals surface area contributed by atoms with Crippen LogP contribution in [0.2, 0.25) is 5.02 Å². The molecule has 0 aromatic heterocycles. The number of epoxide rings is 1. The molecule has 1 aromatic carbocycles. The SMILES string of the molecule is CC(C)CC1(COc2ccc(Cl)cc2)CO1. The van der Waals surface area contributed by atoms with Gasteiger partial charge in [0.1, 0.15) is 18.0 Å². The Morgan fingerprint density at radius 3 is 2.50 bits per heavy atom. The van der Waals surface area contributed by atoms with Crippen LogP contribution in [0.15, 0.2) is 24.3 Å². The Bertz CT molecular complexity index is 341. The lowest BCUT2D eigenvalue weighted by atomic mass is 9.99. The Hall–Kier alpha value is -0.730. The van der Waals surface area contributed by atoms with E-state index in [2.05, 4.69) is 13.8 Å². The first-order valence-corrected chi connectivity index (χ1v) is 6.00. The maximum Gasteiger partial charge on any atom is 0.126 e. The van der Waals surface area contributed by atoms with Gasteiger partial charge in [0.15, 0.2) is 0 Å². The minimum absolute atomic E-state index is 0.0339. The maximum atomic E-state index is 5.80. The molecule has 2 nitrogen and oxygen atoms in total. The van der Waals surface area contributed by atoms with Crippen LogP contribution in [0.3, 0.4) is 0 Å². The molecule has 0 N–H and O–H groups in total. The number of benzene rings is 1. The van der Waals surface area contributed by atoms with E-state index in [9.17, 15) is 0 Å². The summed E-state index contributed by atoms with van der Waals surface area (Å²) in [5.74, 6) is 1.49. The summed E-state index contributed by atoms with van der Waals surface area (Å²) in [6.45, 7) is 5.85. The summed E-state index contributed by atoms with van der Waals surface area (Å²) >= 11 is 5.80. The lowest BCUT2D eigenvalue weighted by molar-refractivity contribution is 0.168. The van der Waals surface area contributed by atoms with Crippen LogP contribution in [0.25, 0.3) is 0 Å². The molecule has 0 radical (unpaired) electrons. The zero-order valence-corrected chi connectivity index (χ0v) is 10.5. The first kappa shape index (κ1) is 11.7. The van der Waals surface area contributed by atoms with Crippen molar-refractivity contribution in [3.05, 3.63) is 29.3 Å². The summed E-state index contributed by atoms with van der Waals surface area (Å²) < 4.78 is 11.2. The van der Waals surface area contributed by atoms with Crippen molar-refractivity contribution in [3.8, 4) is 5.75 Å². The molecule has 0 amide bonds. The number of hydrogen-bond donors (Lipinski definition) is 0. The van der Waals surface area contributed by atoms with Gasteiger partial charge in [-0.2, -0.15) is 0 Å². The van der Waals surface area contributed by atoms with Crippen LogP contribution in [-0.2, 0) is 4.74 Å². The molecule has 1 heterocycles. The monoisotopic (exact) mass is 240 g/mol. The zero-order valence-electron chi connectivity index (χ0n) is 9.70. The van der Waals surface area contributed by atoms with Gasteiger partial charge < -0.3 is 9.47 Å².